The third-order valence-corrected chi connectivity index (χ3v) is 7.07. The van der Waals surface area contributed by atoms with E-state index >= 15 is 0 Å². The van der Waals surface area contributed by atoms with E-state index in [1.54, 1.807) is 19.2 Å². The van der Waals surface area contributed by atoms with Crippen LogP contribution in [-0.4, -0.2) is 59.9 Å². The number of aryl methyl sites for hydroxylation is 1. The Morgan fingerprint density at radius 2 is 2.09 bits per heavy atom. The lowest BCUT2D eigenvalue weighted by atomic mass is 9.88. The number of aromatic amines is 1. The highest BCUT2D eigenvalue weighted by atomic mass is 16.5. The molecule has 174 valence electrons. The molecule has 3 N–H and O–H groups in total. The van der Waals surface area contributed by atoms with Crippen molar-refractivity contribution in [3.05, 3.63) is 64.8 Å². The second-order valence-corrected chi connectivity index (χ2v) is 9.14. The van der Waals surface area contributed by atoms with Gasteiger partial charge in [-0.3, -0.25) is 4.90 Å². The maximum Gasteiger partial charge on any atom is 0.336 e. The van der Waals surface area contributed by atoms with Crippen molar-refractivity contribution in [2.45, 2.75) is 44.4 Å². The highest BCUT2D eigenvalue weighted by molar-refractivity contribution is 5.90. The minimum atomic E-state index is -0.881. The first-order chi connectivity index (χ1) is 16.0. The number of carbonyl (C=O) groups is 1. The molecule has 0 bridgehead atoms. The quantitative estimate of drug-likeness (QED) is 0.508. The van der Waals surface area contributed by atoms with E-state index in [4.69, 9.17) is 9.47 Å². The van der Waals surface area contributed by atoms with Crippen LogP contribution in [0.15, 0.2) is 42.6 Å². The minimum Gasteiger partial charge on any atom is -0.496 e. The first-order valence-electron chi connectivity index (χ1n) is 11.6. The zero-order valence-corrected chi connectivity index (χ0v) is 19.1. The molecule has 0 aliphatic carbocycles. The molecule has 2 fully saturated rings. The van der Waals surface area contributed by atoms with Gasteiger partial charge < -0.3 is 24.9 Å². The summed E-state index contributed by atoms with van der Waals surface area (Å²) in [7, 11) is 1.71. The molecule has 3 heterocycles. The van der Waals surface area contributed by atoms with E-state index in [0.29, 0.717) is 24.2 Å². The maximum atomic E-state index is 12.0. The smallest absolute Gasteiger partial charge is 0.336 e. The van der Waals surface area contributed by atoms with Crippen LogP contribution in [0.25, 0.3) is 10.9 Å². The molecule has 3 aromatic rings. The van der Waals surface area contributed by atoms with Crippen LogP contribution in [0.1, 0.15) is 45.9 Å². The number of likely N-dealkylation sites (tertiary alicyclic amines) is 1. The molecule has 33 heavy (non-hydrogen) atoms. The first-order valence-corrected chi connectivity index (χ1v) is 11.6. The predicted molar refractivity (Wildman–Crippen MR) is 127 cm³/mol. The van der Waals surface area contributed by atoms with Crippen molar-refractivity contribution in [1.29, 1.82) is 0 Å². The Labute approximate surface area is 193 Å². The fraction of sp³-hybridized carbons (Fsp3) is 0.423. The van der Waals surface area contributed by atoms with Gasteiger partial charge in [-0.15, -0.1) is 0 Å². The lowest BCUT2D eigenvalue weighted by molar-refractivity contribution is -0.0168. The average Bonchev–Trinajstić information content (AvgIpc) is 3.29. The number of carboxylic acids is 1. The van der Waals surface area contributed by atoms with Crippen LogP contribution in [0.3, 0.4) is 0 Å². The third kappa shape index (κ3) is 4.24. The largest absolute Gasteiger partial charge is 0.496 e. The summed E-state index contributed by atoms with van der Waals surface area (Å²) in [6.07, 6.45) is 3.83. The van der Waals surface area contributed by atoms with E-state index in [0.717, 1.165) is 65.9 Å². The van der Waals surface area contributed by atoms with Gasteiger partial charge in [0.2, 0.25) is 0 Å². The van der Waals surface area contributed by atoms with Crippen LogP contribution in [-0.2, 0) is 11.3 Å². The predicted octanol–water partition coefficient (Wildman–Crippen LogP) is 3.88. The Morgan fingerprint density at radius 1 is 1.27 bits per heavy atom. The molecule has 0 radical (unpaired) electrons. The Balaban J connectivity index is 1.51. The number of hydrogen-bond donors (Lipinski definition) is 3. The summed E-state index contributed by atoms with van der Waals surface area (Å²) < 4.78 is 11.1. The number of aromatic nitrogens is 1. The normalized spacial score (nSPS) is 21.8. The maximum absolute atomic E-state index is 12.0. The number of methoxy groups -OCH3 is 1. The summed E-state index contributed by atoms with van der Waals surface area (Å²) >= 11 is 0. The van der Waals surface area contributed by atoms with Crippen molar-refractivity contribution in [1.82, 2.24) is 15.2 Å². The van der Waals surface area contributed by atoms with Gasteiger partial charge in [-0.25, -0.2) is 4.79 Å². The second-order valence-electron chi connectivity index (χ2n) is 9.14. The van der Waals surface area contributed by atoms with E-state index in [-0.39, 0.29) is 6.04 Å². The number of aromatic carboxylic acids is 1. The molecule has 2 aromatic carbocycles. The molecule has 2 aliphatic heterocycles. The highest BCUT2D eigenvalue weighted by Gasteiger charge is 2.34. The molecule has 0 saturated carbocycles. The summed E-state index contributed by atoms with van der Waals surface area (Å²) in [5.74, 6) is -0.00861. The molecule has 5 rings (SSSR count). The van der Waals surface area contributed by atoms with Crippen molar-refractivity contribution in [3.63, 3.8) is 0 Å². The molecule has 7 nitrogen and oxygen atoms in total. The molecular formula is C26H31N3O4. The second kappa shape index (κ2) is 9.17. The molecule has 1 aromatic heterocycles. The van der Waals surface area contributed by atoms with Gasteiger partial charge in [-0.2, -0.15) is 0 Å². The van der Waals surface area contributed by atoms with Crippen molar-refractivity contribution in [3.8, 4) is 5.75 Å². The lowest BCUT2D eigenvalue weighted by Crippen LogP contribution is -2.53. The van der Waals surface area contributed by atoms with Gasteiger partial charge in [-0.05, 0) is 49.1 Å². The van der Waals surface area contributed by atoms with Crippen LogP contribution < -0.4 is 10.1 Å². The van der Waals surface area contributed by atoms with E-state index in [2.05, 4.69) is 34.3 Å². The van der Waals surface area contributed by atoms with Crippen molar-refractivity contribution in [2.75, 3.05) is 26.9 Å². The fourth-order valence-corrected chi connectivity index (χ4v) is 5.31. The van der Waals surface area contributed by atoms with E-state index in [9.17, 15) is 9.90 Å². The summed E-state index contributed by atoms with van der Waals surface area (Å²) in [5, 5.41) is 14.8. The minimum absolute atomic E-state index is 0.00968. The number of carboxylic acid groups (broad SMARTS) is 1. The summed E-state index contributed by atoms with van der Waals surface area (Å²) in [6.45, 7) is 5.14. The van der Waals surface area contributed by atoms with Gasteiger partial charge in [0.15, 0.2) is 0 Å². The Morgan fingerprint density at radius 3 is 2.82 bits per heavy atom. The number of nitrogens with one attached hydrogen (secondary N) is 2. The topological polar surface area (TPSA) is 86.8 Å². The van der Waals surface area contributed by atoms with Gasteiger partial charge >= 0.3 is 5.97 Å². The summed E-state index contributed by atoms with van der Waals surface area (Å²) in [4.78, 5) is 17.8. The number of rotatable bonds is 7. The summed E-state index contributed by atoms with van der Waals surface area (Å²) in [6, 6.07) is 12.3. The van der Waals surface area contributed by atoms with Crippen molar-refractivity contribution in [2.24, 2.45) is 0 Å². The molecule has 0 unspecified atom stereocenters. The molecule has 0 amide bonds. The molecule has 2 aliphatic rings. The van der Waals surface area contributed by atoms with Crippen LogP contribution in [0, 0.1) is 6.92 Å². The van der Waals surface area contributed by atoms with Gasteiger partial charge in [0.1, 0.15) is 5.75 Å². The highest BCUT2D eigenvalue weighted by Crippen LogP contribution is 2.38. The summed E-state index contributed by atoms with van der Waals surface area (Å²) in [5.41, 5.74) is 4.65. The van der Waals surface area contributed by atoms with Gasteiger partial charge in [0, 0.05) is 47.8 Å². The molecule has 0 spiro atoms. The molecular weight excluding hydrogens is 418 g/mol. The molecule has 2 atom stereocenters. The number of nitrogens with zero attached hydrogens (tertiary/aromatic N) is 1. The molecule has 7 heteroatoms. The number of ether oxygens (including phenoxy) is 2. The SMILES string of the molecule is COc1cc(C)c2[nH]ccc2c1CN1CC[C@@H](NC2COC2)C[C@@H]1c1ccccc1C(=O)O. The number of hydrogen-bond acceptors (Lipinski definition) is 5. The average molecular weight is 450 g/mol. The lowest BCUT2D eigenvalue weighted by Gasteiger charge is -2.43. The van der Waals surface area contributed by atoms with E-state index in [1.165, 1.54) is 0 Å². The fourth-order valence-electron chi connectivity index (χ4n) is 5.31. The van der Waals surface area contributed by atoms with Crippen molar-refractivity contribution >= 4 is 16.9 Å². The Bertz CT molecular complexity index is 1150. The third-order valence-electron chi connectivity index (χ3n) is 7.07. The van der Waals surface area contributed by atoms with Gasteiger partial charge in [-0.1, -0.05) is 18.2 Å². The van der Waals surface area contributed by atoms with E-state index < -0.39 is 5.97 Å². The number of fused-ring (bicyclic) bond motifs is 1. The van der Waals surface area contributed by atoms with Gasteiger partial charge in [0.05, 0.1) is 31.9 Å². The number of benzene rings is 2. The Hall–Kier alpha value is -2.87. The zero-order chi connectivity index (χ0) is 22.9. The van der Waals surface area contributed by atoms with Gasteiger partial charge in [0.25, 0.3) is 0 Å². The standard InChI is InChI=1S/C26H31N3O4/c1-16-11-24(32-2)22(20-7-9-27-25(16)20)13-29-10-8-17(28-18-14-33-15-18)12-23(29)19-5-3-4-6-21(19)26(30)31/h3-7,9,11,17-18,23,27-28H,8,10,12-15H2,1-2H3,(H,30,31)/t17-,23-/m1/s1. The van der Waals surface area contributed by atoms with Crippen LogP contribution in [0.5, 0.6) is 5.75 Å². The first kappa shape index (κ1) is 21.9. The van der Waals surface area contributed by atoms with Crippen molar-refractivity contribution < 1.29 is 19.4 Å². The van der Waals surface area contributed by atoms with Crippen LogP contribution >= 0.6 is 0 Å². The van der Waals surface area contributed by atoms with E-state index in [1.807, 2.05) is 18.3 Å². The number of piperidine rings is 1. The molecule has 2 saturated heterocycles. The zero-order valence-electron chi connectivity index (χ0n) is 19.1. The Kier molecular flexibility index (Phi) is 6.10. The van der Waals surface area contributed by atoms with Crippen LogP contribution in [0.4, 0.5) is 0 Å². The van der Waals surface area contributed by atoms with Crippen LogP contribution in [0.2, 0.25) is 0 Å². The monoisotopic (exact) mass is 449 g/mol. The number of H-pyrrole nitrogens is 1.